The average molecular weight is 372 g/mol. The molecule has 0 spiro atoms. The molecule has 6 heteroatoms. The van der Waals surface area contributed by atoms with Crippen LogP contribution in [0, 0.1) is 0 Å². The lowest BCUT2D eigenvalue weighted by atomic mass is 10.2. The highest BCUT2D eigenvalue weighted by molar-refractivity contribution is 7.98. The van der Waals surface area contributed by atoms with Crippen LogP contribution >= 0.6 is 11.9 Å². The zero-order valence-electron chi connectivity index (χ0n) is 15.4. The fourth-order valence-corrected chi connectivity index (χ4v) is 3.94. The van der Waals surface area contributed by atoms with Gasteiger partial charge in [-0.25, -0.2) is 8.77 Å². The Labute approximate surface area is 157 Å². The topological polar surface area (TPSA) is 45.4 Å². The van der Waals surface area contributed by atoms with Gasteiger partial charge in [0.25, 0.3) is 0 Å². The van der Waals surface area contributed by atoms with E-state index in [1.54, 1.807) is 18.2 Å². The second-order valence-electron chi connectivity index (χ2n) is 6.03. The van der Waals surface area contributed by atoms with Crippen LogP contribution in [0.2, 0.25) is 0 Å². The van der Waals surface area contributed by atoms with Crippen molar-refractivity contribution < 1.29 is 9.47 Å². The van der Waals surface area contributed by atoms with Gasteiger partial charge in [0.15, 0.2) is 0 Å². The standard InChI is InChI=1S/C20H24N2O3S/c1-4-5-8-13-21-16-9-6-7-10-17(16)22(20(21)23)26-19-12-11-15(24-2)14-18(19)25-3/h6-7,9-12,14H,4-5,8,13H2,1-3H3. The molecule has 0 aliphatic carbocycles. The number of aryl methyl sites for hydroxylation is 1. The van der Waals surface area contributed by atoms with Gasteiger partial charge in [-0.05, 0) is 30.7 Å². The fourth-order valence-electron chi connectivity index (χ4n) is 2.95. The molecule has 0 aliphatic rings. The Morgan fingerprint density at radius 1 is 1.00 bits per heavy atom. The van der Waals surface area contributed by atoms with Crippen LogP contribution < -0.4 is 15.2 Å². The van der Waals surface area contributed by atoms with Crippen molar-refractivity contribution in [2.24, 2.45) is 0 Å². The third-order valence-corrected chi connectivity index (χ3v) is 5.41. The summed E-state index contributed by atoms with van der Waals surface area (Å²) < 4.78 is 14.3. The number of imidazole rings is 1. The van der Waals surface area contributed by atoms with Gasteiger partial charge in [-0.15, -0.1) is 0 Å². The normalized spacial score (nSPS) is 11.0. The maximum absolute atomic E-state index is 13.0. The van der Waals surface area contributed by atoms with Gasteiger partial charge in [0.2, 0.25) is 0 Å². The van der Waals surface area contributed by atoms with E-state index >= 15 is 0 Å². The number of hydrogen-bond donors (Lipinski definition) is 0. The van der Waals surface area contributed by atoms with Gasteiger partial charge in [-0.3, -0.25) is 4.57 Å². The number of fused-ring (bicyclic) bond motifs is 1. The summed E-state index contributed by atoms with van der Waals surface area (Å²) >= 11 is 1.38. The minimum absolute atomic E-state index is 0.00910. The van der Waals surface area contributed by atoms with Crippen molar-refractivity contribution in [2.45, 2.75) is 37.6 Å². The molecular formula is C20H24N2O3S. The van der Waals surface area contributed by atoms with E-state index in [2.05, 4.69) is 6.92 Å². The number of nitrogens with zero attached hydrogens (tertiary/aromatic N) is 2. The highest BCUT2D eigenvalue weighted by atomic mass is 32.2. The summed E-state index contributed by atoms with van der Waals surface area (Å²) in [6.45, 7) is 2.90. The Morgan fingerprint density at radius 2 is 1.77 bits per heavy atom. The molecule has 0 N–H and O–H groups in total. The molecule has 26 heavy (non-hydrogen) atoms. The molecule has 2 aromatic carbocycles. The van der Waals surface area contributed by atoms with E-state index in [-0.39, 0.29) is 5.69 Å². The summed E-state index contributed by atoms with van der Waals surface area (Å²) in [5.41, 5.74) is 1.87. The zero-order valence-corrected chi connectivity index (χ0v) is 16.2. The first-order valence-electron chi connectivity index (χ1n) is 8.80. The first-order valence-corrected chi connectivity index (χ1v) is 9.57. The molecule has 0 unspecified atom stereocenters. The third kappa shape index (κ3) is 3.60. The van der Waals surface area contributed by atoms with E-state index in [4.69, 9.17) is 9.47 Å². The van der Waals surface area contributed by atoms with Gasteiger partial charge >= 0.3 is 5.69 Å². The van der Waals surface area contributed by atoms with Crippen LogP contribution in [0.3, 0.4) is 0 Å². The van der Waals surface area contributed by atoms with Gasteiger partial charge in [-0.2, -0.15) is 0 Å². The summed E-state index contributed by atoms with van der Waals surface area (Å²) in [5.74, 6) is 1.41. The van der Waals surface area contributed by atoms with Crippen molar-refractivity contribution in [2.75, 3.05) is 14.2 Å². The summed E-state index contributed by atoms with van der Waals surface area (Å²) in [6, 6.07) is 13.5. The molecule has 0 fully saturated rings. The number of aromatic nitrogens is 2. The van der Waals surface area contributed by atoms with Gasteiger partial charge in [0, 0.05) is 24.6 Å². The Morgan fingerprint density at radius 3 is 2.46 bits per heavy atom. The highest BCUT2D eigenvalue weighted by Gasteiger charge is 2.16. The largest absolute Gasteiger partial charge is 0.497 e. The third-order valence-electron chi connectivity index (χ3n) is 4.34. The Hall–Kier alpha value is -2.34. The Balaban J connectivity index is 2.03. The molecular weight excluding hydrogens is 348 g/mol. The second-order valence-corrected chi connectivity index (χ2v) is 7.02. The Kier molecular flexibility index (Phi) is 5.93. The molecule has 0 saturated carbocycles. The molecule has 3 aromatic rings. The molecule has 0 bridgehead atoms. The van der Waals surface area contributed by atoms with Crippen molar-refractivity contribution in [1.29, 1.82) is 0 Å². The van der Waals surface area contributed by atoms with Crippen LogP contribution in [0.4, 0.5) is 0 Å². The summed E-state index contributed by atoms with van der Waals surface area (Å²) in [4.78, 5) is 13.9. The average Bonchev–Trinajstić information content (AvgIpc) is 2.94. The van der Waals surface area contributed by atoms with Crippen LogP contribution in [-0.2, 0) is 6.54 Å². The SMILES string of the molecule is CCCCCn1c(=O)n(Sc2ccc(OC)cc2OC)c2ccccc21. The lowest BCUT2D eigenvalue weighted by molar-refractivity contribution is 0.387. The van der Waals surface area contributed by atoms with Crippen molar-refractivity contribution >= 4 is 23.0 Å². The number of para-hydroxylation sites is 2. The summed E-state index contributed by atoms with van der Waals surface area (Å²) in [7, 11) is 3.24. The predicted octanol–water partition coefficient (Wildman–Crippen LogP) is 4.57. The maximum Gasteiger partial charge on any atom is 0.339 e. The molecule has 0 amide bonds. The van der Waals surface area contributed by atoms with Crippen molar-refractivity contribution in [1.82, 2.24) is 8.54 Å². The number of hydrogen-bond acceptors (Lipinski definition) is 4. The summed E-state index contributed by atoms with van der Waals surface area (Å²) in [5, 5.41) is 0. The van der Waals surface area contributed by atoms with Crippen LogP contribution in [-0.4, -0.2) is 22.8 Å². The van der Waals surface area contributed by atoms with Gasteiger partial charge in [0.05, 0.1) is 30.1 Å². The number of methoxy groups -OCH3 is 2. The second kappa shape index (κ2) is 8.36. The van der Waals surface area contributed by atoms with Gasteiger partial charge < -0.3 is 9.47 Å². The Bertz CT molecular complexity index is 946. The first kappa shape index (κ1) is 18.5. The molecule has 1 aromatic heterocycles. The molecule has 0 radical (unpaired) electrons. The van der Waals surface area contributed by atoms with E-state index in [1.165, 1.54) is 11.9 Å². The van der Waals surface area contributed by atoms with Crippen molar-refractivity contribution in [3.8, 4) is 11.5 Å². The van der Waals surface area contributed by atoms with Crippen molar-refractivity contribution in [3.63, 3.8) is 0 Å². The number of ether oxygens (including phenoxy) is 2. The quantitative estimate of drug-likeness (QED) is 0.544. The molecule has 138 valence electrons. The number of benzene rings is 2. The van der Waals surface area contributed by atoms with E-state index in [0.29, 0.717) is 5.75 Å². The monoisotopic (exact) mass is 372 g/mol. The van der Waals surface area contributed by atoms with Crippen LogP contribution in [0.1, 0.15) is 26.2 Å². The molecule has 1 heterocycles. The predicted molar refractivity (Wildman–Crippen MR) is 107 cm³/mol. The molecule has 3 rings (SSSR count). The number of rotatable bonds is 8. The van der Waals surface area contributed by atoms with Crippen LogP contribution in [0.5, 0.6) is 11.5 Å². The van der Waals surface area contributed by atoms with Crippen molar-refractivity contribution in [3.05, 3.63) is 52.9 Å². The minimum atomic E-state index is -0.00910. The van der Waals surface area contributed by atoms with Gasteiger partial charge in [-0.1, -0.05) is 31.9 Å². The van der Waals surface area contributed by atoms with E-state index in [9.17, 15) is 4.79 Å². The van der Waals surface area contributed by atoms with Crippen LogP contribution in [0.25, 0.3) is 11.0 Å². The number of unbranched alkanes of at least 4 members (excludes halogenated alkanes) is 2. The lowest BCUT2D eigenvalue weighted by Gasteiger charge is -2.10. The molecule has 0 saturated heterocycles. The smallest absolute Gasteiger partial charge is 0.339 e. The zero-order chi connectivity index (χ0) is 18.5. The molecule has 0 atom stereocenters. The fraction of sp³-hybridized carbons (Fsp3) is 0.350. The van der Waals surface area contributed by atoms with Crippen LogP contribution in [0.15, 0.2) is 52.2 Å². The maximum atomic E-state index is 13.0. The van der Waals surface area contributed by atoms with E-state index < -0.39 is 0 Å². The molecule has 5 nitrogen and oxygen atoms in total. The minimum Gasteiger partial charge on any atom is -0.497 e. The highest BCUT2D eigenvalue weighted by Crippen LogP contribution is 2.34. The molecule has 0 aliphatic heterocycles. The first-order chi connectivity index (χ1) is 12.7. The van der Waals surface area contributed by atoms with E-state index in [1.807, 2.05) is 47.0 Å². The summed E-state index contributed by atoms with van der Waals surface area (Å²) in [6.07, 6.45) is 3.25. The van der Waals surface area contributed by atoms with Gasteiger partial charge in [0.1, 0.15) is 11.5 Å². The lowest BCUT2D eigenvalue weighted by Crippen LogP contribution is -2.21. The van der Waals surface area contributed by atoms with E-state index in [0.717, 1.165) is 47.5 Å².